The highest BCUT2D eigenvalue weighted by Gasteiger charge is 2.58. The van der Waals surface area contributed by atoms with Gasteiger partial charge in [-0.3, -0.25) is 0 Å². The fraction of sp³-hybridized carbons (Fsp3) is 1.00. The van der Waals surface area contributed by atoms with Crippen LogP contribution >= 0.6 is 0 Å². The van der Waals surface area contributed by atoms with E-state index in [0.717, 1.165) is 25.7 Å². The van der Waals surface area contributed by atoms with Gasteiger partial charge in [0.15, 0.2) is 0 Å². The van der Waals surface area contributed by atoms with E-state index in [1.54, 1.807) is 7.11 Å². The van der Waals surface area contributed by atoms with Crippen molar-refractivity contribution in [3.05, 3.63) is 0 Å². The number of rotatable bonds is 3. The van der Waals surface area contributed by atoms with Crippen LogP contribution in [-0.4, -0.2) is 30.5 Å². The maximum Gasteiger partial charge on any atom is 0.0765 e. The van der Waals surface area contributed by atoms with Crippen molar-refractivity contribution in [3.8, 4) is 0 Å². The van der Waals surface area contributed by atoms with E-state index in [0.29, 0.717) is 12.0 Å². The fourth-order valence-electron chi connectivity index (χ4n) is 3.56. The van der Waals surface area contributed by atoms with Crippen molar-refractivity contribution in [2.45, 2.75) is 64.1 Å². The zero-order chi connectivity index (χ0) is 12.7. The molecule has 2 rings (SSSR count). The third-order valence-corrected chi connectivity index (χ3v) is 5.40. The molecule has 3 heteroatoms. The molecule has 0 unspecified atom stereocenters. The third kappa shape index (κ3) is 2.13. The molecule has 0 atom stereocenters. The predicted molar refractivity (Wildman–Crippen MR) is 68.7 cm³/mol. The molecule has 2 aliphatic carbocycles. The number of hydrogen-bond acceptors (Lipinski definition) is 3. The Morgan fingerprint density at radius 2 is 1.71 bits per heavy atom. The molecular weight excluding hydrogens is 214 g/mol. The average Bonchev–Trinajstić information content (AvgIpc) is 2.25. The Labute approximate surface area is 105 Å². The molecule has 0 amide bonds. The molecule has 17 heavy (non-hydrogen) atoms. The van der Waals surface area contributed by atoms with Gasteiger partial charge in [0.25, 0.3) is 0 Å². The van der Waals surface area contributed by atoms with Crippen molar-refractivity contribution in [1.29, 1.82) is 0 Å². The molecule has 0 aromatic heterocycles. The normalized spacial score (nSPS) is 39.7. The van der Waals surface area contributed by atoms with Crippen LogP contribution in [0.15, 0.2) is 0 Å². The molecule has 2 aliphatic rings. The Balaban J connectivity index is 2.07. The highest BCUT2D eigenvalue weighted by Crippen LogP contribution is 2.56. The zero-order valence-corrected chi connectivity index (χ0v) is 11.5. The number of nitrogens with two attached hydrogens (primary N) is 1. The summed E-state index contributed by atoms with van der Waals surface area (Å²) in [6.45, 7) is 5.24. The largest absolute Gasteiger partial charge is 0.389 e. The van der Waals surface area contributed by atoms with Crippen LogP contribution in [0.3, 0.4) is 0 Å². The predicted octanol–water partition coefficient (Wildman–Crippen LogP) is 2.07. The average molecular weight is 241 g/mol. The van der Waals surface area contributed by atoms with E-state index in [4.69, 9.17) is 10.5 Å². The Morgan fingerprint density at radius 1 is 1.18 bits per heavy atom. The van der Waals surface area contributed by atoms with Crippen LogP contribution in [0.4, 0.5) is 0 Å². The standard InChI is InChI=1S/C14H27NO2/c1-12(2)4-6-13(10-15,7-5-12)14(16)8-11(9-14)17-3/h11,16H,4-10,15H2,1-3H3. The first-order chi connectivity index (χ1) is 7.86. The van der Waals surface area contributed by atoms with E-state index in [2.05, 4.69) is 13.8 Å². The number of hydrogen-bond donors (Lipinski definition) is 2. The highest BCUT2D eigenvalue weighted by molar-refractivity contribution is 5.10. The molecule has 100 valence electrons. The summed E-state index contributed by atoms with van der Waals surface area (Å²) in [5.41, 5.74) is 5.80. The van der Waals surface area contributed by atoms with Gasteiger partial charge < -0.3 is 15.6 Å². The van der Waals surface area contributed by atoms with E-state index in [-0.39, 0.29) is 11.5 Å². The number of aliphatic hydroxyl groups is 1. The first-order valence-corrected chi connectivity index (χ1v) is 6.82. The number of ether oxygens (including phenoxy) is 1. The molecule has 0 spiro atoms. The third-order valence-electron chi connectivity index (χ3n) is 5.40. The lowest BCUT2D eigenvalue weighted by atomic mass is 9.52. The van der Waals surface area contributed by atoms with Crippen molar-refractivity contribution in [2.24, 2.45) is 16.6 Å². The second kappa shape index (κ2) is 4.22. The van der Waals surface area contributed by atoms with Gasteiger partial charge in [0.1, 0.15) is 0 Å². The van der Waals surface area contributed by atoms with Gasteiger partial charge in [0.05, 0.1) is 11.7 Å². The Morgan fingerprint density at radius 3 is 2.12 bits per heavy atom. The van der Waals surface area contributed by atoms with Crippen LogP contribution in [0.5, 0.6) is 0 Å². The van der Waals surface area contributed by atoms with Crippen LogP contribution in [0.25, 0.3) is 0 Å². The molecule has 0 aromatic carbocycles. The summed E-state index contributed by atoms with van der Waals surface area (Å²) >= 11 is 0. The van der Waals surface area contributed by atoms with Gasteiger partial charge in [0, 0.05) is 31.9 Å². The first kappa shape index (κ1) is 13.3. The molecule has 0 aromatic rings. The monoisotopic (exact) mass is 241 g/mol. The van der Waals surface area contributed by atoms with Gasteiger partial charge in [-0.2, -0.15) is 0 Å². The van der Waals surface area contributed by atoms with E-state index >= 15 is 0 Å². The highest BCUT2D eigenvalue weighted by atomic mass is 16.5. The van der Waals surface area contributed by atoms with Crippen molar-refractivity contribution < 1.29 is 9.84 Å². The van der Waals surface area contributed by atoms with Gasteiger partial charge >= 0.3 is 0 Å². The Kier molecular flexibility index (Phi) is 3.30. The van der Waals surface area contributed by atoms with Crippen molar-refractivity contribution in [2.75, 3.05) is 13.7 Å². The smallest absolute Gasteiger partial charge is 0.0765 e. The quantitative estimate of drug-likeness (QED) is 0.795. The minimum atomic E-state index is -0.571. The molecule has 2 fully saturated rings. The topological polar surface area (TPSA) is 55.5 Å². The first-order valence-electron chi connectivity index (χ1n) is 6.82. The van der Waals surface area contributed by atoms with Gasteiger partial charge in [0.2, 0.25) is 0 Å². The van der Waals surface area contributed by atoms with Crippen LogP contribution < -0.4 is 5.73 Å². The maximum absolute atomic E-state index is 10.8. The summed E-state index contributed by atoms with van der Waals surface area (Å²) in [6, 6.07) is 0. The van der Waals surface area contributed by atoms with Crippen LogP contribution in [0, 0.1) is 10.8 Å². The summed E-state index contributed by atoms with van der Waals surface area (Å²) < 4.78 is 5.30. The Hall–Kier alpha value is -0.120. The van der Waals surface area contributed by atoms with Crippen LogP contribution in [0.1, 0.15) is 52.4 Å². The SMILES string of the molecule is COC1CC(O)(C2(CN)CCC(C)(C)CC2)C1. The minimum Gasteiger partial charge on any atom is -0.389 e. The van der Waals surface area contributed by atoms with Crippen LogP contribution in [-0.2, 0) is 4.74 Å². The summed E-state index contributed by atoms with van der Waals surface area (Å²) in [5, 5.41) is 10.8. The number of methoxy groups -OCH3 is 1. The molecule has 0 radical (unpaired) electrons. The van der Waals surface area contributed by atoms with Gasteiger partial charge in [-0.15, -0.1) is 0 Å². The van der Waals surface area contributed by atoms with Crippen molar-refractivity contribution >= 4 is 0 Å². The van der Waals surface area contributed by atoms with Crippen LogP contribution in [0.2, 0.25) is 0 Å². The van der Waals surface area contributed by atoms with E-state index in [1.165, 1.54) is 12.8 Å². The zero-order valence-electron chi connectivity index (χ0n) is 11.5. The van der Waals surface area contributed by atoms with Crippen molar-refractivity contribution in [1.82, 2.24) is 0 Å². The summed E-state index contributed by atoms with van der Waals surface area (Å²) in [4.78, 5) is 0. The molecule has 0 saturated heterocycles. The van der Waals surface area contributed by atoms with Crippen molar-refractivity contribution in [3.63, 3.8) is 0 Å². The van der Waals surface area contributed by atoms with E-state index in [9.17, 15) is 5.11 Å². The lowest BCUT2D eigenvalue weighted by Crippen LogP contribution is -2.63. The Bertz CT molecular complexity index is 272. The van der Waals surface area contributed by atoms with Gasteiger partial charge in [-0.25, -0.2) is 0 Å². The molecule has 0 heterocycles. The van der Waals surface area contributed by atoms with E-state index < -0.39 is 5.60 Å². The second-order valence-corrected chi connectivity index (χ2v) is 6.95. The molecular formula is C14H27NO2. The second-order valence-electron chi connectivity index (χ2n) is 6.95. The van der Waals surface area contributed by atoms with E-state index in [1.807, 2.05) is 0 Å². The molecule has 3 nitrogen and oxygen atoms in total. The summed E-state index contributed by atoms with van der Waals surface area (Å²) in [6.07, 6.45) is 6.22. The fourth-order valence-corrected chi connectivity index (χ4v) is 3.56. The minimum absolute atomic E-state index is 0.0580. The molecule has 0 aliphatic heterocycles. The molecule has 3 N–H and O–H groups in total. The molecule has 2 saturated carbocycles. The summed E-state index contributed by atoms with van der Waals surface area (Å²) in [7, 11) is 1.73. The molecule has 0 bridgehead atoms. The maximum atomic E-state index is 10.8. The van der Waals surface area contributed by atoms with Gasteiger partial charge in [-0.05, 0) is 31.1 Å². The lowest BCUT2D eigenvalue weighted by molar-refractivity contribution is -0.208. The lowest BCUT2D eigenvalue weighted by Gasteiger charge is -2.58. The van der Waals surface area contributed by atoms with Gasteiger partial charge in [-0.1, -0.05) is 13.8 Å². The summed E-state index contributed by atoms with van der Waals surface area (Å²) in [5.74, 6) is 0.